The third-order valence-electron chi connectivity index (χ3n) is 4.45. The number of ether oxygens (including phenoxy) is 1. The first kappa shape index (κ1) is 24.3. The Morgan fingerprint density at radius 2 is 2.17 bits per heavy atom. The maximum Gasteiger partial charge on any atom is 0.245 e. The number of carbonyl (C=O) groups is 2. The van der Waals surface area contributed by atoms with Gasteiger partial charge in [0.05, 0.1) is 25.4 Å². The van der Waals surface area contributed by atoms with E-state index in [0.29, 0.717) is 32.3 Å². The van der Waals surface area contributed by atoms with Crippen LogP contribution in [0.4, 0.5) is 8.78 Å². The van der Waals surface area contributed by atoms with Gasteiger partial charge in [0.25, 0.3) is 0 Å². The smallest absolute Gasteiger partial charge is 0.245 e. The van der Waals surface area contributed by atoms with E-state index >= 15 is 0 Å². The molecule has 30 heavy (non-hydrogen) atoms. The van der Waals surface area contributed by atoms with Crippen LogP contribution in [0.1, 0.15) is 30.9 Å². The molecule has 0 bridgehead atoms. The van der Waals surface area contributed by atoms with Gasteiger partial charge in [-0.1, -0.05) is 12.1 Å². The van der Waals surface area contributed by atoms with Crippen molar-refractivity contribution in [3.8, 4) is 0 Å². The summed E-state index contributed by atoms with van der Waals surface area (Å²) >= 11 is 0. The average Bonchev–Trinajstić information content (AvgIpc) is 3.26. The van der Waals surface area contributed by atoms with Crippen molar-refractivity contribution in [2.75, 3.05) is 20.3 Å². The monoisotopic (exact) mass is 446 g/mol. The molecule has 0 radical (unpaired) electrons. The Bertz CT molecular complexity index is 733. The van der Waals surface area contributed by atoms with E-state index in [9.17, 15) is 18.4 Å². The molecule has 2 N–H and O–H groups in total. The first-order valence-corrected chi connectivity index (χ1v) is 10.2. The topological polar surface area (TPSA) is 97.3 Å². The maximum atomic E-state index is 13.3. The highest BCUT2D eigenvalue weighted by Gasteiger charge is 2.28. The number of rotatable bonds is 6. The number of aliphatic hydroxyl groups excluding tert-OH is 1. The Morgan fingerprint density at radius 3 is 2.77 bits per heavy atom. The highest BCUT2D eigenvalue weighted by Crippen LogP contribution is 2.36. The zero-order chi connectivity index (χ0) is 21.9. The number of nitrogens with zero attached hydrogens (tertiary/aromatic N) is 1. The minimum absolute atomic E-state index is 0.0532. The number of hydrogen-bond donors (Lipinski definition) is 2. The molecule has 8 nitrogen and oxygen atoms in total. The van der Waals surface area contributed by atoms with Crippen LogP contribution in [0.25, 0.3) is 0 Å². The number of carbonyl (C=O) groups excluding carboxylic acids is 2. The van der Waals surface area contributed by atoms with Crippen molar-refractivity contribution in [1.29, 1.82) is 0 Å². The fourth-order valence-electron chi connectivity index (χ4n) is 2.82. The molecule has 4 atom stereocenters. The summed E-state index contributed by atoms with van der Waals surface area (Å²) in [7, 11) is 1.42. The number of amides is 2. The second kappa shape index (κ2) is 12.7. The summed E-state index contributed by atoms with van der Waals surface area (Å²) in [6.07, 6.45) is 4.16. The molecule has 166 valence electrons. The largest absolute Gasteiger partial charge is 0.394 e. The number of nitrogens with one attached hydrogen (secondary N) is 1. The highest BCUT2D eigenvalue weighted by molar-refractivity contribution is 7.26. The van der Waals surface area contributed by atoms with Crippen LogP contribution in [0.15, 0.2) is 30.5 Å². The zero-order valence-electron chi connectivity index (χ0n) is 16.4. The van der Waals surface area contributed by atoms with E-state index in [0.717, 1.165) is 6.07 Å². The minimum Gasteiger partial charge on any atom is -0.394 e. The molecule has 2 fully saturated rings. The van der Waals surface area contributed by atoms with Crippen molar-refractivity contribution >= 4 is 21.4 Å². The van der Waals surface area contributed by atoms with E-state index in [1.165, 1.54) is 30.3 Å². The van der Waals surface area contributed by atoms with Gasteiger partial charge < -0.3 is 24.2 Å². The highest BCUT2D eigenvalue weighted by atomic mass is 31.1. The third-order valence-corrected chi connectivity index (χ3v) is 5.15. The second-order valence-electron chi connectivity index (χ2n) is 6.43. The van der Waals surface area contributed by atoms with Crippen LogP contribution in [-0.4, -0.2) is 54.9 Å². The van der Waals surface area contributed by atoms with Crippen LogP contribution in [-0.2, 0) is 23.4 Å². The molecule has 0 aliphatic carbocycles. The van der Waals surface area contributed by atoms with Crippen LogP contribution >= 0.6 is 9.03 Å². The number of halogens is 2. The van der Waals surface area contributed by atoms with E-state index in [4.69, 9.17) is 18.9 Å². The lowest BCUT2D eigenvalue weighted by Crippen LogP contribution is -2.30. The van der Waals surface area contributed by atoms with Crippen molar-refractivity contribution in [3.05, 3.63) is 47.7 Å². The zero-order valence-corrected chi connectivity index (χ0v) is 17.4. The fourth-order valence-corrected chi connectivity index (χ4v) is 3.45. The van der Waals surface area contributed by atoms with Gasteiger partial charge in [-0.3, -0.25) is 14.5 Å². The van der Waals surface area contributed by atoms with Crippen molar-refractivity contribution < 1.29 is 37.3 Å². The summed E-state index contributed by atoms with van der Waals surface area (Å²) in [4.78, 5) is 23.0. The van der Waals surface area contributed by atoms with E-state index in [1.54, 1.807) is 6.07 Å². The number of benzene rings is 1. The Kier molecular flexibility index (Phi) is 10.3. The predicted octanol–water partition coefficient (Wildman–Crippen LogP) is 2.15. The van der Waals surface area contributed by atoms with Gasteiger partial charge in [-0.25, -0.2) is 8.78 Å². The summed E-state index contributed by atoms with van der Waals surface area (Å²) in [5.41, 5.74) is 0.279. The summed E-state index contributed by atoms with van der Waals surface area (Å²) in [5.74, 6) is -1.94. The Morgan fingerprint density at radius 1 is 1.37 bits per heavy atom. The van der Waals surface area contributed by atoms with E-state index < -0.39 is 17.9 Å². The van der Waals surface area contributed by atoms with Crippen molar-refractivity contribution in [2.45, 2.75) is 37.7 Å². The lowest BCUT2D eigenvalue weighted by molar-refractivity contribution is -0.127. The molecule has 2 aliphatic rings. The van der Waals surface area contributed by atoms with Crippen LogP contribution in [0.3, 0.4) is 0 Å². The van der Waals surface area contributed by atoms with Gasteiger partial charge >= 0.3 is 0 Å². The minimum atomic E-state index is -0.832. The summed E-state index contributed by atoms with van der Waals surface area (Å²) in [5, 5.41) is 11.3. The van der Waals surface area contributed by atoms with E-state index in [-0.39, 0.29) is 39.3 Å². The molecular weight excluding hydrogens is 421 g/mol. The van der Waals surface area contributed by atoms with E-state index in [1.807, 2.05) is 0 Å². The first-order chi connectivity index (χ1) is 14.5. The molecule has 3 unspecified atom stereocenters. The summed E-state index contributed by atoms with van der Waals surface area (Å²) in [6.45, 7) is 0.474. The Balaban J connectivity index is 0.000000215. The molecule has 11 heteroatoms. The SMILES string of the molecule is CNC(=O)/C=C\N(C=O)C1CCC(CO)O1.Fc1cccc([C@@H]2CCOPO2)c1F. The molecule has 0 aromatic heterocycles. The van der Waals surface area contributed by atoms with Crippen LogP contribution in [0, 0.1) is 11.6 Å². The second-order valence-corrected chi connectivity index (χ2v) is 7.12. The van der Waals surface area contributed by atoms with Gasteiger partial charge in [-0.2, -0.15) is 0 Å². The predicted molar refractivity (Wildman–Crippen MR) is 105 cm³/mol. The number of aliphatic hydroxyl groups is 1. The molecule has 1 aromatic rings. The summed E-state index contributed by atoms with van der Waals surface area (Å²) in [6, 6.07) is 4.12. The van der Waals surface area contributed by atoms with Gasteiger partial charge in [-0.05, 0) is 18.9 Å². The summed E-state index contributed by atoms with van der Waals surface area (Å²) < 4.78 is 41.7. The molecule has 3 rings (SSSR count). The molecule has 2 heterocycles. The van der Waals surface area contributed by atoms with Gasteiger partial charge in [-0.15, -0.1) is 0 Å². The maximum absolute atomic E-state index is 13.3. The Hall–Kier alpha value is -1.97. The van der Waals surface area contributed by atoms with Gasteiger partial charge in [0, 0.05) is 31.3 Å². The van der Waals surface area contributed by atoms with Crippen LogP contribution in [0.5, 0.6) is 0 Å². The molecular formula is C19H25F2N2O6P. The molecule has 2 saturated heterocycles. The van der Waals surface area contributed by atoms with Gasteiger partial charge in [0.15, 0.2) is 20.7 Å². The molecule has 0 spiro atoms. The number of likely N-dealkylation sites (N-methyl/N-ethyl adjacent to an activating group) is 1. The average molecular weight is 446 g/mol. The van der Waals surface area contributed by atoms with Gasteiger partial charge in [0.2, 0.25) is 12.3 Å². The third kappa shape index (κ3) is 7.07. The van der Waals surface area contributed by atoms with Crippen LogP contribution < -0.4 is 5.32 Å². The quantitative estimate of drug-likeness (QED) is 0.395. The standard InChI is InChI=1S/C10H16N2O4.C9H9F2O2P/c1-11-9(15)4-5-12(7-14)10-3-2-8(6-13)16-10;10-7-3-1-2-6(9(7)11)8-4-5-12-14-13-8/h4-5,7-8,10,13H,2-3,6H2,1H3,(H,11,15);1-3,8,14H,4-5H2/b5-4-;/t;8-/m.0/s1. The lowest BCUT2D eigenvalue weighted by atomic mass is 10.1. The van der Waals surface area contributed by atoms with Gasteiger partial charge in [0.1, 0.15) is 6.23 Å². The molecule has 2 amide bonds. The normalized spacial score (nSPS) is 24.3. The van der Waals surface area contributed by atoms with Crippen molar-refractivity contribution in [2.24, 2.45) is 0 Å². The van der Waals surface area contributed by atoms with Crippen LogP contribution in [0.2, 0.25) is 0 Å². The first-order valence-electron chi connectivity index (χ1n) is 9.35. The lowest BCUT2D eigenvalue weighted by Gasteiger charge is -2.22. The van der Waals surface area contributed by atoms with Crippen molar-refractivity contribution in [3.63, 3.8) is 0 Å². The fraction of sp³-hybridized carbons (Fsp3) is 0.474. The van der Waals surface area contributed by atoms with Crippen molar-refractivity contribution in [1.82, 2.24) is 10.2 Å². The van der Waals surface area contributed by atoms with E-state index in [2.05, 4.69) is 5.32 Å². The molecule has 1 aromatic carbocycles. The molecule has 2 aliphatic heterocycles. The molecule has 0 saturated carbocycles. The Labute approximate surface area is 175 Å². The number of hydrogen-bond acceptors (Lipinski definition) is 6.